The summed E-state index contributed by atoms with van der Waals surface area (Å²) in [5.41, 5.74) is 8.90. The van der Waals surface area contributed by atoms with E-state index in [1.807, 2.05) is 0 Å². The molecule has 2 aliphatic heterocycles. The second-order valence-corrected chi connectivity index (χ2v) is 6.97. The fraction of sp³-hybridized carbons (Fsp3) is 0.875. The number of rotatable bonds is 6. The molecular weight excluding hydrogens is 332 g/mol. The monoisotopic (exact) mass is 358 g/mol. The van der Waals surface area contributed by atoms with E-state index in [-0.39, 0.29) is 25.3 Å². The Morgan fingerprint density at radius 1 is 1.28 bits per heavy atom. The molecule has 2 aliphatic rings. The molecule has 0 spiro atoms. The highest BCUT2D eigenvalue weighted by atomic mass is 16.8. The third kappa shape index (κ3) is 4.84. The maximum Gasteiger partial charge on any atom is 0.416 e. The zero-order chi connectivity index (χ0) is 18.8. The Hall–Kier alpha value is -1.35. The smallest absolute Gasteiger partial charge is 0.416 e. The van der Waals surface area contributed by atoms with Gasteiger partial charge in [-0.1, -0.05) is 0 Å². The normalized spacial score (nSPS) is 31.4. The summed E-state index contributed by atoms with van der Waals surface area (Å²) in [5.74, 6) is -2.51. The highest BCUT2D eigenvalue weighted by Gasteiger charge is 2.51. The van der Waals surface area contributed by atoms with Crippen LogP contribution in [0.3, 0.4) is 0 Å². The van der Waals surface area contributed by atoms with Gasteiger partial charge in [0.1, 0.15) is 24.4 Å². The largest absolute Gasteiger partial charge is 0.457 e. The van der Waals surface area contributed by atoms with Gasteiger partial charge in [-0.25, -0.2) is 4.79 Å². The Morgan fingerprint density at radius 3 is 2.48 bits per heavy atom. The van der Waals surface area contributed by atoms with Crippen LogP contribution >= 0.6 is 0 Å². The Balaban J connectivity index is 2.12. The number of carbonyl (C=O) groups is 1. The molecule has 2 saturated heterocycles. The van der Waals surface area contributed by atoms with Crippen molar-refractivity contribution >= 4 is 11.7 Å². The van der Waals surface area contributed by atoms with Crippen LogP contribution in [0, 0.1) is 0 Å². The first-order valence-electron chi connectivity index (χ1n) is 8.32. The van der Waals surface area contributed by atoms with Gasteiger partial charge in [0, 0.05) is 0 Å². The van der Waals surface area contributed by atoms with Crippen molar-refractivity contribution in [1.82, 2.24) is 0 Å². The van der Waals surface area contributed by atoms with Crippen LogP contribution in [-0.2, 0) is 28.5 Å². The van der Waals surface area contributed by atoms with E-state index in [1.54, 1.807) is 34.6 Å². The lowest BCUT2D eigenvalue weighted by Gasteiger charge is -2.26. The van der Waals surface area contributed by atoms with Crippen molar-refractivity contribution < 1.29 is 38.4 Å². The van der Waals surface area contributed by atoms with Gasteiger partial charge in [0.2, 0.25) is 0 Å². The molecule has 0 aromatic carbocycles. The van der Waals surface area contributed by atoms with Crippen LogP contribution in [0.1, 0.15) is 41.0 Å². The molecule has 0 unspecified atom stereocenters. The highest BCUT2D eigenvalue weighted by Crippen LogP contribution is 2.35. The zero-order valence-corrected chi connectivity index (χ0v) is 15.2. The SMILES string of the molecule is CCOC(=O)C(C[C@H]1OC(C)(C)O[C@H]1[C@H](O)[C@H]1COC(C)(C)O1)=[N+]=[N-]. The number of carbonyl (C=O) groups excluding carboxylic acids is 1. The van der Waals surface area contributed by atoms with E-state index in [2.05, 4.69) is 4.79 Å². The second-order valence-electron chi connectivity index (χ2n) is 6.97. The van der Waals surface area contributed by atoms with E-state index in [0.29, 0.717) is 0 Å². The Labute approximate surface area is 146 Å². The molecule has 2 heterocycles. The molecule has 25 heavy (non-hydrogen) atoms. The molecule has 2 rings (SSSR count). The average Bonchev–Trinajstić information content (AvgIpc) is 3.03. The fourth-order valence-electron chi connectivity index (χ4n) is 2.98. The molecule has 0 radical (unpaired) electrons. The maximum atomic E-state index is 11.8. The van der Waals surface area contributed by atoms with Gasteiger partial charge < -0.3 is 34.3 Å². The summed E-state index contributed by atoms with van der Waals surface area (Å²) < 4.78 is 27.6. The molecule has 0 aliphatic carbocycles. The molecule has 0 saturated carbocycles. The molecule has 0 amide bonds. The third-order valence-corrected chi connectivity index (χ3v) is 4.00. The minimum absolute atomic E-state index is 0.0720. The molecule has 1 N–H and O–H groups in total. The molecule has 2 fully saturated rings. The molecule has 142 valence electrons. The van der Waals surface area contributed by atoms with E-state index >= 15 is 0 Å². The van der Waals surface area contributed by atoms with E-state index in [4.69, 9.17) is 29.2 Å². The van der Waals surface area contributed by atoms with Crippen LogP contribution in [0.2, 0.25) is 0 Å². The number of esters is 1. The Kier molecular flexibility index (Phi) is 5.98. The van der Waals surface area contributed by atoms with E-state index in [1.165, 1.54) is 0 Å². The van der Waals surface area contributed by atoms with E-state index in [9.17, 15) is 9.90 Å². The molecule has 0 aromatic rings. The minimum Gasteiger partial charge on any atom is -0.457 e. The van der Waals surface area contributed by atoms with Crippen molar-refractivity contribution in [2.24, 2.45) is 0 Å². The summed E-state index contributed by atoms with van der Waals surface area (Å²) >= 11 is 0. The van der Waals surface area contributed by atoms with Gasteiger partial charge in [-0.3, -0.25) is 0 Å². The molecule has 9 nitrogen and oxygen atoms in total. The molecule has 0 aromatic heterocycles. The highest BCUT2D eigenvalue weighted by molar-refractivity contribution is 6.34. The van der Waals surface area contributed by atoms with Crippen LogP contribution in [0.5, 0.6) is 0 Å². The van der Waals surface area contributed by atoms with Gasteiger partial charge in [-0.15, -0.1) is 0 Å². The fourth-order valence-corrected chi connectivity index (χ4v) is 2.98. The number of hydrogen-bond donors (Lipinski definition) is 1. The van der Waals surface area contributed by atoms with Gasteiger partial charge in [-0.2, -0.15) is 4.79 Å². The predicted molar refractivity (Wildman–Crippen MR) is 84.6 cm³/mol. The van der Waals surface area contributed by atoms with Crippen molar-refractivity contribution in [3.63, 3.8) is 0 Å². The third-order valence-electron chi connectivity index (χ3n) is 4.00. The second kappa shape index (κ2) is 7.49. The van der Waals surface area contributed by atoms with Crippen molar-refractivity contribution in [1.29, 1.82) is 0 Å². The standard InChI is InChI=1S/C16H26N2O7/c1-6-21-14(20)9(18-17)7-10-13(25-16(4,5)23-10)12(19)11-8-22-15(2,3)24-11/h10-13,19H,6-8H2,1-5H3/t10-,11-,12-,13-/m1/s1. The summed E-state index contributed by atoms with van der Waals surface area (Å²) in [7, 11) is 0. The maximum absolute atomic E-state index is 11.8. The molecular formula is C16H26N2O7. The quantitative estimate of drug-likeness (QED) is 0.320. The number of ether oxygens (including phenoxy) is 5. The number of hydrogen-bond acceptors (Lipinski definition) is 7. The lowest BCUT2D eigenvalue weighted by molar-refractivity contribution is -0.178. The van der Waals surface area contributed by atoms with Crippen LogP contribution in [0.15, 0.2) is 0 Å². The van der Waals surface area contributed by atoms with Crippen LogP contribution in [0.4, 0.5) is 0 Å². The van der Waals surface area contributed by atoms with E-state index < -0.39 is 42.0 Å². The van der Waals surface area contributed by atoms with Crippen molar-refractivity contribution in [2.45, 2.75) is 77.0 Å². The number of aliphatic hydroxyl groups is 1. The lowest BCUT2D eigenvalue weighted by atomic mass is 9.99. The van der Waals surface area contributed by atoms with Crippen LogP contribution in [0.25, 0.3) is 5.53 Å². The molecule has 9 heteroatoms. The number of nitrogens with zero attached hydrogens (tertiary/aromatic N) is 2. The van der Waals surface area contributed by atoms with E-state index in [0.717, 1.165) is 0 Å². The first kappa shape index (κ1) is 20.0. The van der Waals surface area contributed by atoms with Crippen molar-refractivity contribution in [2.75, 3.05) is 13.2 Å². The Bertz CT molecular complexity index is 557. The average molecular weight is 358 g/mol. The van der Waals surface area contributed by atoms with Crippen LogP contribution in [-0.4, -0.2) is 70.8 Å². The summed E-state index contributed by atoms with van der Waals surface area (Å²) in [5, 5.41) is 10.7. The molecule has 0 bridgehead atoms. The molecule has 4 atom stereocenters. The van der Waals surface area contributed by atoms with Gasteiger partial charge in [-0.05, 0) is 34.6 Å². The Morgan fingerprint density at radius 2 is 1.96 bits per heavy atom. The topological polar surface area (TPSA) is 120 Å². The first-order valence-corrected chi connectivity index (χ1v) is 8.32. The zero-order valence-electron chi connectivity index (χ0n) is 15.2. The summed E-state index contributed by atoms with van der Waals surface area (Å²) in [4.78, 5) is 14.8. The van der Waals surface area contributed by atoms with Crippen molar-refractivity contribution in [3.8, 4) is 0 Å². The summed E-state index contributed by atoms with van der Waals surface area (Å²) in [6.07, 6.45) is -3.22. The summed E-state index contributed by atoms with van der Waals surface area (Å²) in [6.45, 7) is 8.91. The van der Waals surface area contributed by atoms with Crippen molar-refractivity contribution in [3.05, 3.63) is 5.53 Å². The lowest BCUT2D eigenvalue weighted by Crippen LogP contribution is -2.46. The number of aliphatic hydroxyl groups excluding tert-OH is 1. The van der Waals surface area contributed by atoms with Gasteiger partial charge in [0.05, 0.1) is 19.6 Å². The van der Waals surface area contributed by atoms with Gasteiger partial charge in [0.15, 0.2) is 11.6 Å². The minimum atomic E-state index is -1.05. The summed E-state index contributed by atoms with van der Waals surface area (Å²) in [6, 6.07) is 0. The predicted octanol–water partition coefficient (Wildman–Crippen LogP) is 0.643. The van der Waals surface area contributed by atoms with Gasteiger partial charge >= 0.3 is 11.7 Å². The van der Waals surface area contributed by atoms with Gasteiger partial charge in [0.25, 0.3) is 0 Å². The van der Waals surface area contributed by atoms with Crippen LogP contribution < -0.4 is 0 Å². The first-order chi connectivity index (χ1) is 11.6.